The molecule has 0 unspecified atom stereocenters. The summed E-state index contributed by atoms with van der Waals surface area (Å²) in [6.07, 6.45) is 2.94. The second kappa shape index (κ2) is 11.0. The molecular formula is C29H24N4O3S. The van der Waals surface area contributed by atoms with E-state index in [1.165, 1.54) is 34.0 Å². The number of aryl methyl sites for hydroxylation is 1. The molecule has 0 spiro atoms. The first-order valence-corrected chi connectivity index (χ1v) is 12.5. The summed E-state index contributed by atoms with van der Waals surface area (Å²) in [5, 5.41) is 4.50. The van der Waals surface area contributed by atoms with E-state index in [-0.39, 0.29) is 12.1 Å². The van der Waals surface area contributed by atoms with Crippen LogP contribution in [-0.2, 0) is 17.9 Å². The van der Waals surface area contributed by atoms with Gasteiger partial charge in [-0.2, -0.15) is 5.10 Å². The smallest absolute Gasteiger partial charge is 0.262 e. The van der Waals surface area contributed by atoms with Gasteiger partial charge in [-0.3, -0.25) is 14.2 Å². The Balaban J connectivity index is 1.16. The van der Waals surface area contributed by atoms with Crippen LogP contribution < -0.4 is 15.7 Å². The van der Waals surface area contributed by atoms with E-state index < -0.39 is 5.91 Å². The van der Waals surface area contributed by atoms with Crippen LogP contribution in [0.3, 0.4) is 0 Å². The first kappa shape index (κ1) is 24.1. The van der Waals surface area contributed by atoms with Gasteiger partial charge in [0.25, 0.3) is 11.5 Å². The first-order chi connectivity index (χ1) is 18.0. The molecule has 0 fully saturated rings. The van der Waals surface area contributed by atoms with Crippen molar-refractivity contribution in [2.45, 2.75) is 20.1 Å². The Bertz CT molecular complexity index is 1610. The van der Waals surface area contributed by atoms with Gasteiger partial charge in [0.2, 0.25) is 0 Å². The summed E-state index contributed by atoms with van der Waals surface area (Å²) in [6.45, 7) is 2.36. The SMILES string of the molecule is Cc1ccc(COc2ccc(/C=N\NC(=O)Cn3cnc4sc(-c5ccccc5)cc4c3=O)cc2)cc1. The highest BCUT2D eigenvalue weighted by atomic mass is 32.1. The third-order valence-electron chi connectivity index (χ3n) is 5.70. The third-order valence-corrected chi connectivity index (χ3v) is 6.79. The van der Waals surface area contributed by atoms with Crippen molar-refractivity contribution in [1.82, 2.24) is 15.0 Å². The summed E-state index contributed by atoms with van der Waals surface area (Å²) in [4.78, 5) is 31.2. The Morgan fingerprint density at radius 3 is 2.57 bits per heavy atom. The van der Waals surface area contributed by atoms with Gasteiger partial charge in [-0.15, -0.1) is 11.3 Å². The lowest BCUT2D eigenvalue weighted by atomic mass is 10.2. The predicted molar refractivity (Wildman–Crippen MR) is 147 cm³/mol. The largest absolute Gasteiger partial charge is 0.489 e. The lowest BCUT2D eigenvalue weighted by Gasteiger charge is -2.07. The van der Waals surface area contributed by atoms with E-state index >= 15 is 0 Å². The molecule has 0 saturated heterocycles. The maximum atomic E-state index is 12.9. The maximum absolute atomic E-state index is 12.9. The molecule has 0 atom stereocenters. The number of carbonyl (C=O) groups is 1. The number of hydrogen-bond donors (Lipinski definition) is 1. The number of amides is 1. The molecule has 7 nitrogen and oxygen atoms in total. The Morgan fingerprint density at radius 1 is 1.05 bits per heavy atom. The monoisotopic (exact) mass is 508 g/mol. The third kappa shape index (κ3) is 5.99. The lowest BCUT2D eigenvalue weighted by molar-refractivity contribution is -0.121. The molecular weight excluding hydrogens is 484 g/mol. The van der Waals surface area contributed by atoms with E-state index in [1.807, 2.05) is 72.8 Å². The van der Waals surface area contributed by atoms with Gasteiger partial charge >= 0.3 is 0 Å². The van der Waals surface area contributed by atoms with E-state index in [0.29, 0.717) is 16.8 Å². The molecule has 1 amide bonds. The Hall–Kier alpha value is -4.56. The van der Waals surface area contributed by atoms with Crippen molar-refractivity contribution in [3.8, 4) is 16.2 Å². The van der Waals surface area contributed by atoms with Crippen LogP contribution in [0.5, 0.6) is 5.75 Å². The van der Waals surface area contributed by atoms with Crippen molar-refractivity contribution in [2.24, 2.45) is 5.10 Å². The minimum atomic E-state index is -0.420. The number of fused-ring (bicyclic) bond motifs is 1. The quantitative estimate of drug-likeness (QED) is 0.232. The topological polar surface area (TPSA) is 85.6 Å². The fourth-order valence-electron chi connectivity index (χ4n) is 3.69. The first-order valence-electron chi connectivity index (χ1n) is 11.7. The molecule has 1 N–H and O–H groups in total. The van der Waals surface area contributed by atoms with Crippen molar-refractivity contribution >= 4 is 33.7 Å². The molecule has 2 heterocycles. The number of nitrogens with one attached hydrogen (secondary N) is 1. The number of nitrogens with zero attached hydrogens (tertiary/aromatic N) is 3. The fourth-order valence-corrected chi connectivity index (χ4v) is 4.68. The molecule has 2 aromatic heterocycles. The minimum Gasteiger partial charge on any atom is -0.489 e. The maximum Gasteiger partial charge on any atom is 0.262 e. The molecule has 5 rings (SSSR count). The molecule has 0 radical (unpaired) electrons. The van der Waals surface area contributed by atoms with Crippen LogP contribution in [0.4, 0.5) is 0 Å². The molecule has 0 bridgehead atoms. The van der Waals surface area contributed by atoms with Crippen molar-refractivity contribution in [3.05, 3.63) is 118 Å². The number of hydrazone groups is 1. The van der Waals surface area contributed by atoms with Gasteiger partial charge in [-0.1, -0.05) is 60.2 Å². The number of benzene rings is 3. The zero-order chi connectivity index (χ0) is 25.6. The van der Waals surface area contributed by atoms with Crippen LogP contribution >= 0.6 is 11.3 Å². The average molecular weight is 509 g/mol. The van der Waals surface area contributed by atoms with E-state index in [1.54, 1.807) is 0 Å². The number of thiophene rings is 1. The zero-order valence-electron chi connectivity index (χ0n) is 20.1. The van der Waals surface area contributed by atoms with E-state index in [9.17, 15) is 9.59 Å². The summed E-state index contributed by atoms with van der Waals surface area (Å²) in [5.41, 5.74) is 6.34. The van der Waals surface area contributed by atoms with Gasteiger partial charge in [0, 0.05) is 4.88 Å². The normalized spacial score (nSPS) is 11.2. The Labute approximate surface area is 217 Å². The van der Waals surface area contributed by atoms with Crippen molar-refractivity contribution < 1.29 is 9.53 Å². The lowest BCUT2D eigenvalue weighted by Crippen LogP contribution is -2.29. The van der Waals surface area contributed by atoms with Gasteiger partial charge in [-0.25, -0.2) is 10.4 Å². The highest BCUT2D eigenvalue weighted by Crippen LogP contribution is 2.30. The van der Waals surface area contributed by atoms with Crippen LogP contribution in [0.1, 0.15) is 16.7 Å². The van der Waals surface area contributed by atoms with Gasteiger partial charge in [0.15, 0.2) is 0 Å². The second-order valence-electron chi connectivity index (χ2n) is 8.51. The summed E-state index contributed by atoms with van der Waals surface area (Å²) < 4.78 is 7.10. The fraction of sp³-hybridized carbons (Fsp3) is 0.103. The van der Waals surface area contributed by atoms with Crippen LogP contribution in [0, 0.1) is 6.92 Å². The van der Waals surface area contributed by atoms with Gasteiger partial charge in [0.1, 0.15) is 23.7 Å². The number of hydrogen-bond acceptors (Lipinski definition) is 6. The average Bonchev–Trinajstić information content (AvgIpc) is 3.37. The molecule has 0 saturated carbocycles. The van der Waals surface area contributed by atoms with Crippen molar-refractivity contribution in [1.29, 1.82) is 0 Å². The van der Waals surface area contributed by atoms with E-state index in [4.69, 9.17) is 4.74 Å². The van der Waals surface area contributed by atoms with Crippen molar-refractivity contribution in [2.75, 3.05) is 0 Å². The molecule has 37 heavy (non-hydrogen) atoms. The van der Waals surface area contributed by atoms with Crippen LogP contribution in [-0.4, -0.2) is 21.7 Å². The molecule has 8 heteroatoms. The summed E-state index contributed by atoms with van der Waals surface area (Å²) >= 11 is 1.45. The minimum absolute atomic E-state index is 0.179. The predicted octanol–water partition coefficient (Wildman–Crippen LogP) is 5.16. The van der Waals surface area contributed by atoms with Crippen LogP contribution in [0.2, 0.25) is 0 Å². The molecule has 0 aliphatic rings. The molecule has 5 aromatic rings. The van der Waals surface area contributed by atoms with Gasteiger partial charge < -0.3 is 4.74 Å². The standard InChI is InChI=1S/C29H24N4O3S/c1-20-7-9-22(10-8-20)18-36-24-13-11-21(12-14-24)16-31-32-27(34)17-33-19-30-28-25(29(33)35)15-26(37-28)23-5-3-2-4-6-23/h2-16,19H,17-18H2,1H3,(H,32,34)/b31-16-. The highest BCUT2D eigenvalue weighted by molar-refractivity contribution is 7.21. The Morgan fingerprint density at radius 2 is 1.81 bits per heavy atom. The molecule has 0 aliphatic carbocycles. The van der Waals surface area contributed by atoms with E-state index in [2.05, 4.69) is 34.6 Å². The number of rotatable bonds is 8. The number of aromatic nitrogens is 2. The van der Waals surface area contributed by atoms with Crippen molar-refractivity contribution in [3.63, 3.8) is 0 Å². The number of carbonyl (C=O) groups excluding carboxylic acids is 1. The summed E-state index contributed by atoms with van der Waals surface area (Å²) in [7, 11) is 0. The zero-order valence-corrected chi connectivity index (χ0v) is 20.9. The summed E-state index contributed by atoms with van der Waals surface area (Å²) in [5.74, 6) is 0.323. The van der Waals surface area contributed by atoms with Gasteiger partial charge in [-0.05, 0) is 53.9 Å². The number of ether oxygens (including phenoxy) is 1. The Kier molecular flexibility index (Phi) is 7.19. The highest BCUT2D eigenvalue weighted by Gasteiger charge is 2.12. The van der Waals surface area contributed by atoms with Gasteiger partial charge in [0.05, 0.1) is 17.9 Å². The molecule has 184 valence electrons. The molecule has 3 aromatic carbocycles. The second-order valence-corrected chi connectivity index (χ2v) is 9.54. The molecule has 0 aliphatic heterocycles. The summed E-state index contributed by atoms with van der Waals surface area (Å²) in [6, 6.07) is 27.2. The van der Waals surface area contributed by atoms with E-state index in [0.717, 1.165) is 27.3 Å². The van der Waals surface area contributed by atoms with Crippen LogP contribution in [0.15, 0.2) is 101 Å². The van der Waals surface area contributed by atoms with Crippen LogP contribution in [0.25, 0.3) is 20.7 Å².